The Labute approximate surface area is 144 Å². The van der Waals surface area contributed by atoms with Gasteiger partial charge in [0.2, 0.25) is 0 Å². The minimum absolute atomic E-state index is 0. The van der Waals surface area contributed by atoms with Gasteiger partial charge in [-0.2, -0.15) is 0 Å². The summed E-state index contributed by atoms with van der Waals surface area (Å²) < 4.78 is 16.8. The molecule has 5 nitrogen and oxygen atoms in total. The van der Waals surface area contributed by atoms with Gasteiger partial charge in [0, 0.05) is 25.2 Å². The third kappa shape index (κ3) is 5.68. The first-order valence-corrected chi connectivity index (χ1v) is 7.69. The summed E-state index contributed by atoms with van der Waals surface area (Å²) in [7, 11) is 1.58. The number of Topliss-reactive ketones (excluding diaryl/α,β-unsaturated/α-hetero) is 1. The second kappa shape index (κ2) is 9.11. The molecule has 1 fully saturated rings. The molecular formula is C17H26ClNO4. The van der Waals surface area contributed by atoms with Crippen LogP contribution in [0.3, 0.4) is 0 Å². The molecule has 6 heteroatoms. The number of carbonyl (C=O) groups is 1. The lowest BCUT2D eigenvalue weighted by Crippen LogP contribution is -2.46. The van der Waals surface area contributed by atoms with Crippen molar-refractivity contribution < 1.29 is 19.0 Å². The molecule has 0 amide bonds. The summed E-state index contributed by atoms with van der Waals surface area (Å²) in [5.41, 5.74) is 0.625. The van der Waals surface area contributed by atoms with Gasteiger partial charge in [-0.3, -0.25) is 9.69 Å². The van der Waals surface area contributed by atoms with Gasteiger partial charge in [-0.1, -0.05) is 0 Å². The van der Waals surface area contributed by atoms with Crippen LogP contribution in [0.25, 0.3) is 0 Å². The summed E-state index contributed by atoms with van der Waals surface area (Å²) in [6, 6.07) is 5.27. The Morgan fingerprint density at radius 1 is 1.26 bits per heavy atom. The van der Waals surface area contributed by atoms with Crippen molar-refractivity contribution in [3.63, 3.8) is 0 Å². The smallest absolute Gasteiger partial charge is 0.161 e. The molecule has 0 aliphatic carbocycles. The minimum atomic E-state index is 0. The van der Waals surface area contributed by atoms with E-state index < -0.39 is 0 Å². The number of ether oxygens (including phenoxy) is 3. The summed E-state index contributed by atoms with van der Waals surface area (Å²) in [4.78, 5) is 13.7. The van der Waals surface area contributed by atoms with Gasteiger partial charge in [0.05, 0.1) is 19.3 Å². The molecule has 0 N–H and O–H groups in total. The van der Waals surface area contributed by atoms with E-state index in [1.54, 1.807) is 25.3 Å². The van der Waals surface area contributed by atoms with Crippen molar-refractivity contribution in [1.82, 2.24) is 4.90 Å². The summed E-state index contributed by atoms with van der Waals surface area (Å²) >= 11 is 0. The molecule has 1 aromatic carbocycles. The van der Waals surface area contributed by atoms with Crippen molar-refractivity contribution in [3.8, 4) is 11.5 Å². The minimum Gasteiger partial charge on any atom is -0.493 e. The molecule has 1 aromatic rings. The van der Waals surface area contributed by atoms with E-state index in [2.05, 4.69) is 18.7 Å². The Hall–Kier alpha value is -1.30. The Bertz CT molecular complexity index is 513. The largest absolute Gasteiger partial charge is 0.493 e. The Balaban J connectivity index is 0.00000264. The summed E-state index contributed by atoms with van der Waals surface area (Å²) in [6.07, 6.45) is 0.515. The van der Waals surface area contributed by atoms with E-state index in [9.17, 15) is 4.79 Å². The third-order valence-corrected chi connectivity index (χ3v) is 3.73. The topological polar surface area (TPSA) is 48.0 Å². The number of hydrogen-bond acceptors (Lipinski definition) is 5. The number of carbonyl (C=O) groups excluding carboxylic acids is 1. The van der Waals surface area contributed by atoms with Gasteiger partial charge in [0.15, 0.2) is 17.3 Å². The molecular weight excluding hydrogens is 318 g/mol. The molecule has 2 atom stereocenters. The molecule has 0 aromatic heterocycles. The fraction of sp³-hybridized carbons (Fsp3) is 0.588. The lowest BCUT2D eigenvalue weighted by molar-refractivity contribution is -0.0699. The van der Waals surface area contributed by atoms with Crippen LogP contribution >= 0.6 is 12.4 Å². The second-order valence-corrected chi connectivity index (χ2v) is 5.79. The molecule has 0 saturated carbocycles. The van der Waals surface area contributed by atoms with E-state index in [1.807, 2.05) is 0 Å². The number of benzene rings is 1. The monoisotopic (exact) mass is 343 g/mol. The molecule has 130 valence electrons. The number of nitrogens with zero attached hydrogens (tertiary/aromatic N) is 1. The molecule has 2 unspecified atom stereocenters. The van der Waals surface area contributed by atoms with Crippen LogP contribution in [0.15, 0.2) is 18.2 Å². The van der Waals surface area contributed by atoms with E-state index in [1.165, 1.54) is 6.92 Å². The van der Waals surface area contributed by atoms with Crippen LogP contribution in [0.1, 0.15) is 31.1 Å². The molecule has 1 aliphatic heterocycles. The van der Waals surface area contributed by atoms with Gasteiger partial charge in [-0.15, -0.1) is 12.4 Å². The number of rotatable bonds is 6. The number of hydrogen-bond donors (Lipinski definition) is 0. The van der Waals surface area contributed by atoms with Gasteiger partial charge >= 0.3 is 0 Å². The molecule has 0 radical (unpaired) electrons. The highest BCUT2D eigenvalue weighted by Gasteiger charge is 2.21. The second-order valence-electron chi connectivity index (χ2n) is 5.79. The highest BCUT2D eigenvalue weighted by atomic mass is 35.5. The standard InChI is InChI=1S/C17H25NO4.ClH/c1-12-10-18(11-13(2)22-12)7-8-21-16-6-5-15(14(3)19)9-17(16)20-4;/h5-6,9,12-13H,7-8,10-11H2,1-4H3;1H. The van der Waals surface area contributed by atoms with Gasteiger partial charge in [-0.25, -0.2) is 0 Å². The molecule has 0 bridgehead atoms. The molecule has 1 heterocycles. The number of morpholine rings is 1. The van der Waals surface area contributed by atoms with Crippen LogP contribution in [-0.2, 0) is 4.74 Å². The van der Waals surface area contributed by atoms with Gasteiger partial charge in [0.25, 0.3) is 0 Å². The number of ketones is 1. The van der Waals surface area contributed by atoms with Crippen molar-refractivity contribution in [2.24, 2.45) is 0 Å². The molecule has 23 heavy (non-hydrogen) atoms. The maximum Gasteiger partial charge on any atom is 0.161 e. The first-order valence-electron chi connectivity index (χ1n) is 7.69. The quantitative estimate of drug-likeness (QED) is 0.743. The zero-order valence-corrected chi connectivity index (χ0v) is 15.0. The first-order chi connectivity index (χ1) is 10.5. The van der Waals surface area contributed by atoms with Crippen molar-refractivity contribution in [2.45, 2.75) is 33.0 Å². The van der Waals surface area contributed by atoms with Gasteiger partial charge in [-0.05, 0) is 39.0 Å². The first kappa shape index (κ1) is 19.7. The maximum atomic E-state index is 11.4. The van der Waals surface area contributed by atoms with Crippen LogP contribution in [0.2, 0.25) is 0 Å². The number of halogens is 1. The van der Waals surface area contributed by atoms with E-state index in [0.29, 0.717) is 23.7 Å². The summed E-state index contributed by atoms with van der Waals surface area (Å²) in [6.45, 7) is 8.99. The lowest BCUT2D eigenvalue weighted by Gasteiger charge is -2.35. The van der Waals surface area contributed by atoms with Crippen LogP contribution in [-0.4, -0.2) is 56.2 Å². The van der Waals surface area contributed by atoms with Crippen LogP contribution in [0, 0.1) is 0 Å². The predicted molar refractivity (Wildman–Crippen MR) is 92.2 cm³/mol. The van der Waals surface area contributed by atoms with Crippen LogP contribution < -0.4 is 9.47 Å². The molecule has 0 spiro atoms. The highest BCUT2D eigenvalue weighted by molar-refractivity contribution is 5.94. The average molecular weight is 344 g/mol. The molecule has 1 saturated heterocycles. The Kier molecular flexibility index (Phi) is 7.82. The average Bonchev–Trinajstić information content (AvgIpc) is 2.46. The van der Waals surface area contributed by atoms with E-state index in [-0.39, 0.29) is 30.4 Å². The van der Waals surface area contributed by atoms with E-state index >= 15 is 0 Å². The summed E-state index contributed by atoms with van der Waals surface area (Å²) in [5, 5.41) is 0. The predicted octanol–water partition coefficient (Wildman–Crippen LogP) is 2.81. The van der Waals surface area contributed by atoms with Crippen LogP contribution in [0.4, 0.5) is 0 Å². The van der Waals surface area contributed by atoms with Gasteiger partial charge < -0.3 is 14.2 Å². The fourth-order valence-electron chi connectivity index (χ4n) is 2.76. The Morgan fingerprint density at radius 3 is 2.48 bits per heavy atom. The highest BCUT2D eigenvalue weighted by Crippen LogP contribution is 2.28. The normalized spacial score (nSPS) is 21.4. The van der Waals surface area contributed by atoms with Crippen molar-refractivity contribution >= 4 is 18.2 Å². The van der Waals surface area contributed by atoms with Crippen molar-refractivity contribution in [3.05, 3.63) is 23.8 Å². The zero-order valence-electron chi connectivity index (χ0n) is 14.2. The number of methoxy groups -OCH3 is 1. The van der Waals surface area contributed by atoms with E-state index in [0.717, 1.165) is 19.6 Å². The lowest BCUT2D eigenvalue weighted by atomic mass is 10.1. The maximum absolute atomic E-state index is 11.4. The molecule has 1 aliphatic rings. The SMILES string of the molecule is COc1cc(C(C)=O)ccc1OCCN1CC(C)OC(C)C1.Cl. The Morgan fingerprint density at radius 2 is 1.91 bits per heavy atom. The zero-order chi connectivity index (χ0) is 16.1. The van der Waals surface area contributed by atoms with Gasteiger partial charge in [0.1, 0.15) is 6.61 Å². The summed E-state index contributed by atoms with van der Waals surface area (Å²) in [5.74, 6) is 1.28. The van der Waals surface area contributed by atoms with Crippen molar-refractivity contribution in [1.29, 1.82) is 0 Å². The van der Waals surface area contributed by atoms with Crippen LogP contribution in [0.5, 0.6) is 11.5 Å². The fourth-order valence-corrected chi connectivity index (χ4v) is 2.76. The van der Waals surface area contributed by atoms with Crippen molar-refractivity contribution in [2.75, 3.05) is 33.4 Å². The molecule has 2 rings (SSSR count). The van der Waals surface area contributed by atoms with E-state index in [4.69, 9.17) is 14.2 Å². The third-order valence-electron chi connectivity index (χ3n) is 3.73.